The van der Waals surface area contributed by atoms with Gasteiger partial charge < -0.3 is 9.47 Å². The van der Waals surface area contributed by atoms with Gasteiger partial charge in [-0.25, -0.2) is 13.1 Å². The SMILES string of the molecule is CC(C)NS(=O)(=O)c1ccc(SCc2cc(Cl)cc3c2OCOC3)c([N+](=O)[O-])c1. The summed E-state index contributed by atoms with van der Waals surface area (Å²) in [7, 11) is -3.83. The highest BCUT2D eigenvalue weighted by Crippen LogP contribution is 2.38. The van der Waals surface area contributed by atoms with Crippen LogP contribution in [0.1, 0.15) is 25.0 Å². The fraction of sp³-hybridized carbons (Fsp3) is 0.333. The lowest BCUT2D eigenvalue weighted by Crippen LogP contribution is -2.30. The second kappa shape index (κ2) is 8.88. The summed E-state index contributed by atoms with van der Waals surface area (Å²) in [5.41, 5.74) is 1.32. The van der Waals surface area contributed by atoms with Crippen molar-refractivity contribution in [3.63, 3.8) is 0 Å². The maximum Gasteiger partial charge on any atom is 0.284 e. The van der Waals surface area contributed by atoms with Crippen molar-refractivity contribution in [1.29, 1.82) is 0 Å². The lowest BCUT2D eigenvalue weighted by atomic mass is 10.1. The molecule has 0 spiro atoms. The van der Waals surface area contributed by atoms with Gasteiger partial charge in [-0.3, -0.25) is 10.1 Å². The third-order valence-electron chi connectivity index (χ3n) is 3.96. The van der Waals surface area contributed by atoms with Gasteiger partial charge >= 0.3 is 0 Å². The normalized spacial score (nSPS) is 13.8. The Morgan fingerprint density at radius 1 is 1.31 bits per heavy atom. The van der Waals surface area contributed by atoms with Crippen molar-refractivity contribution in [1.82, 2.24) is 4.72 Å². The number of hydrogen-bond acceptors (Lipinski definition) is 7. The lowest BCUT2D eigenvalue weighted by Gasteiger charge is -2.21. The molecule has 0 atom stereocenters. The fourth-order valence-corrected chi connectivity index (χ4v) is 5.33. The molecule has 2 aromatic carbocycles. The predicted octanol–water partition coefficient (Wildman–Crippen LogP) is 4.09. The Balaban J connectivity index is 1.89. The molecule has 0 amide bonds. The van der Waals surface area contributed by atoms with E-state index in [0.717, 1.165) is 17.2 Å². The molecule has 0 saturated carbocycles. The molecule has 1 N–H and O–H groups in total. The van der Waals surface area contributed by atoms with Crippen molar-refractivity contribution in [3.05, 3.63) is 56.6 Å². The van der Waals surface area contributed by atoms with E-state index >= 15 is 0 Å². The third kappa shape index (κ3) is 5.20. The van der Waals surface area contributed by atoms with Gasteiger partial charge in [-0.2, -0.15) is 0 Å². The van der Waals surface area contributed by atoms with Crippen LogP contribution >= 0.6 is 23.4 Å². The lowest BCUT2D eigenvalue weighted by molar-refractivity contribution is -0.388. The van der Waals surface area contributed by atoms with Crippen LogP contribution in [0.5, 0.6) is 5.75 Å². The number of halogens is 1. The summed E-state index contributed by atoms with van der Waals surface area (Å²) in [5, 5.41) is 12.1. The van der Waals surface area contributed by atoms with Gasteiger partial charge in [-0.1, -0.05) is 11.6 Å². The average Bonchev–Trinajstić information content (AvgIpc) is 2.64. The van der Waals surface area contributed by atoms with Crippen LogP contribution in [0.4, 0.5) is 5.69 Å². The van der Waals surface area contributed by atoms with Crippen LogP contribution in [0.3, 0.4) is 0 Å². The van der Waals surface area contributed by atoms with Crippen LogP contribution in [0, 0.1) is 10.1 Å². The highest BCUT2D eigenvalue weighted by atomic mass is 35.5. The molecular formula is C18H19ClN2O6S2. The van der Waals surface area contributed by atoms with Crippen LogP contribution in [0.2, 0.25) is 5.02 Å². The Kier molecular flexibility index (Phi) is 6.69. The topological polar surface area (TPSA) is 108 Å². The van der Waals surface area contributed by atoms with E-state index in [9.17, 15) is 18.5 Å². The number of rotatable bonds is 7. The number of nitrogens with one attached hydrogen (secondary N) is 1. The van der Waals surface area contributed by atoms with E-state index < -0.39 is 14.9 Å². The fourth-order valence-electron chi connectivity index (χ4n) is 2.83. The van der Waals surface area contributed by atoms with Crippen molar-refractivity contribution in [2.45, 2.75) is 42.0 Å². The standard InChI is InChI=1S/C18H19ClN2O6S2/c1-11(2)20-29(24,25)15-3-4-17(16(7-15)21(22)23)28-9-13-6-14(19)5-12-8-26-10-27-18(12)13/h3-7,11,20H,8-10H2,1-2H3. The molecule has 0 bridgehead atoms. The van der Waals surface area contributed by atoms with Gasteiger partial charge in [0, 0.05) is 34.0 Å². The van der Waals surface area contributed by atoms with Crippen molar-refractivity contribution in [2.75, 3.05) is 6.79 Å². The summed E-state index contributed by atoms with van der Waals surface area (Å²) in [5.74, 6) is 1.02. The zero-order valence-electron chi connectivity index (χ0n) is 15.7. The Morgan fingerprint density at radius 3 is 2.76 bits per heavy atom. The number of nitro benzene ring substituents is 1. The number of benzene rings is 2. The minimum Gasteiger partial charge on any atom is -0.467 e. The highest BCUT2D eigenvalue weighted by Gasteiger charge is 2.23. The highest BCUT2D eigenvalue weighted by molar-refractivity contribution is 7.98. The van der Waals surface area contributed by atoms with Crippen molar-refractivity contribution in [2.24, 2.45) is 0 Å². The Morgan fingerprint density at radius 2 is 2.07 bits per heavy atom. The van der Waals surface area contributed by atoms with E-state index in [-0.39, 0.29) is 23.4 Å². The largest absolute Gasteiger partial charge is 0.467 e. The van der Waals surface area contributed by atoms with E-state index in [2.05, 4.69) is 4.72 Å². The number of nitrogens with zero attached hydrogens (tertiary/aromatic N) is 1. The smallest absolute Gasteiger partial charge is 0.284 e. The third-order valence-corrected chi connectivity index (χ3v) is 6.95. The first-order valence-electron chi connectivity index (χ1n) is 8.63. The van der Waals surface area contributed by atoms with Crippen LogP contribution in [0.25, 0.3) is 0 Å². The quantitative estimate of drug-likeness (QED) is 0.378. The van der Waals surface area contributed by atoms with Crippen LogP contribution in [0.15, 0.2) is 40.1 Å². The van der Waals surface area contributed by atoms with E-state index in [1.165, 1.54) is 23.9 Å². The van der Waals surface area contributed by atoms with Gasteiger partial charge in [0.05, 0.1) is 21.3 Å². The molecule has 0 radical (unpaired) electrons. The summed E-state index contributed by atoms with van der Waals surface area (Å²) in [6.07, 6.45) is 0. The Labute approximate surface area is 177 Å². The molecule has 0 unspecified atom stereocenters. The first-order valence-corrected chi connectivity index (χ1v) is 11.5. The number of nitro groups is 1. The van der Waals surface area contributed by atoms with Crippen molar-refractivity contribution < 1.29 is 22.8 Å². The molecule has 1 aliphatic heterocycles. The average molecular weight is 459 g/mol. The number of sulfonamides is 1. The van der Waals surface area contributed by atoms with Crippen LogP contribution < -0.4 is 9.46 Å². The molecule has 29 heavy (non-hydrogen) atoms. The predicted molar refractivity (Wildman–Crippen MR) is 110 cm³/mol. The maximum absolute atomic E-state index is 12.3. The molecule has 1 aliphatic rings. The first-order chi connectivity index (χ1) is 13.7. The van der Waals surface area contributed by atoms with Gasteiger partial charge in [0.25, 0.3) is 5.69 Å². The molecule has 3 rings (SSSR count). The van der Waals surface area contributed by atoms with Gasteiger partial charge in [-0.05, 0) is 38.1 Å². The van der Waals surface area contributed by atoms with Gasteiger partial charge in [0.1, 0.15) is 5.75 Å². The van der Waals surface area contributed by atoms with Crippen LogP contribution in [-0.4, -0.2) is 26.2 Å². The molecule has 11 heteroatoms. The molecule has 2 aromatic rings. The van der Waals surface area contributed by atoms with Crippen LogP contribution in [-0.2, 0) is 27.1 Å². The minimum absolute atomic E-state index is 0.127. The minimum atomic E-state index is -3.83. The monoisotopic (exact) mass is 458 g/mol. The van der Waals surface area contributed by atoms with E-state index in [1.807, 2.05) is 0 Å². The van der Waals surface area contributed by atoms with Gasteiger partial charge in [0.15, 0.2) is 6.79 Å². The van der Waals surface area contributed by atoms with Crippen molar-refractivity contribution in [3.8, 4) is 5.75 Å². The summed E-state index contributed by atoms with van der Waals surface area (Å²) in [6.45, 7) is 3.86. The zero-order chi connectivity index (χ0) is 21.2. The second-order valence-corrected chi connectivity index (χ2v) is 9.78. The zero-order valence-corrected chi connectivity index (χ0v) is 18.1. The molecule has 0 aliphatic carbocycles. The maximum atomic E-state index is 12.3. The van der Waals surface area contributed by atoms with Gasteiger partial charge in [0.2, 0.25) is 10.0 Å². The molecule has 0 fully saturated rings. The summed E-state index contributed by atoms with van der Waals surface area (Å²) >= 11 is 7.36. The molecule has 0 aromatic heterocycles. The Bertz CT molecular complexity index is 1040. The van der Waals surface area contributed by atoms with E-state index in [4.69, 9.17) is 21.1 Å². The number of thioether (sulfide) groups is 1. The van der Waals surface area contributed by atoms with E-state index in [0.29, 0.717) is 28.0 Å². The Hall–Kier alpha value is -1.85. The van der Waals surface area contributed by atoms with E-state index in [1.54, 1.807) is 26.0 Å². The molecule has 0 saturated heterocycles. The molecule has 1 heterocycles. The first kappa shape index (κ1) is 21.8. The van der Waals surface area contributed by atoms with Crippen molar-refractivity contribution >= 4 is 39.1 Å². The number of ether oxygens (including phenoxy) is 2. The molecule has 8 nitrogen and oxygen atoms in total. The number of fused-ring (bicyclic) bond motifs is 1. The second-order valence-electron chi connectivity index (χ2n) is 6.62. The van der Waals surface area contributed by atoms with Gasteiger partial charge in [-0.15, -0.1) is 11.8 Å². The summed E-state index contributed by atoms with van der Waals surface area (Å²) in [4.78, 5) is 11.1. The molecule has 156 valence electrons. The molecular weight excluding hydrogens is 440 g/mol. The summed E-state index contributed by atoms with van der Waals surface area (Å²) in [6, 6.07) is 7.05. The summed E-state index contributed by atoms with van der Waals surface area (Å²) < 4.78 is 37.9. The number of hydrogen-bond donors (Lipinski definition) is 1.